The average Bonchev–Trinajstić information content (AvgIpc) is 2.90. The number of hydrogen-bond acceptors (Lipinski definition) is 2. The van der Waals surface area contributed by atoms with E-state index in [1.807, 2.05) is 41.3 Å². The van der Waals surface area contributed by atoms with Gasteiger partial charge in [-0.1, -0.05) is 48.5 Å². The average molecular weight is 406 g/mol. The molecule has 0 aromatic heterocycles. The van der Waals surface area contributed by atoms with Crippen LogP contribution < -0.4 is 0 Å². The highest BCUT2D eigenvalue weighted by Gasteiger charge is 2.24. The lowest BCUT2D eigenvalue weighted by Gasteiger charge is -2.24. The van der Waals surface area contributed by atoms with Crippen molar-refractivity contribution in [3.63, 3.8) is 0 Å². The fourth-order valence-electron chi connectivity index (χ4n) is 3.58. The Bertz CT molecular complexity index is 1080. The number of carbonyl (C=O) groups is 1. The van der Waals surface area contributed by atoms with Gasteiger partial charge in [0, 0.05) is 19.2 Å². The number of aliphatic imine (C=N–C) groups is 1. The first-order chi connectivity index (χ1) is 14.6. The van der Waals surface area contributed by atoms with Crippen molar-refractivity contribution < 1.29 is 18.3 Å². The highest BCUT2D eigenvalue weighted by molar-refractivity contribution is 6.01. The predicted molar refractivity (Wildman–Crippen MR) is 111 cm³/mol. The molecule has 0 bridgehead atoms. The van der Waals surface area contributed by atoms with Crippen LogP contribution in [0.2, 0.25) is 0 Å². The van der Waals surface area contributed by atoms with Crippen LogP contribution in [0.15, 0.2) is 71.7 Å². The van der Waals surface area contributed by atoms with E-state index in [0.29, 0.717) is 19.2 Å². The van der Waals surface area contributed by atoms with Gasteiger partial charge in [0.2, 0.25) is 0 Å². The van der Waals surface area contributed by atoms with E-state index in [1.54, 1.807) is 6.92 Å². The zero-order chi connectivity index (χ0) is 21.1. The van der Waals surface area contributed by atoms with E-state index in [9.17, 15) is 13.6 Å². The van der Waals surface area contributed by atoms with E-state index < -0.39 is 17.5 Å². The van der Waals surface area contributed by atoms with Crippen LogP contribution in [0.25, 0.3) is 11.1 Å². The van der Waals surface area contributed by atoms with Crippen LogP contribution >= 0.6 is 0 Å². The Morgan fingerprint density at radius 3 is 2.13 bits per heavy atom. The van der Waals surface area contributed by atoms with Crippen LogP contribution in [0.1, 0.15) is 28.4 Å². The van der Waals surface area contributed by atoms with E-state index in [2.05, 4.69) is 17.1 Å². The minimum Gasteiger partial charge on any atom is -0.465 e. The summed E-state index contributed by atoms with van der Waals surface area (Å²) in [6, 6.07) is 19.0. The zero-order valence-electron chi connectivity index (χ0n) is 16.4. The van der Waals surface area contributed by atoms with E-state index in [-0.39, 0.29) is 18.2 Å². The lowest BCUT2D eigenvalue weighted by molar-refractivity contribution is 0.0989. The largest absolute Gasteiger partial charge is 0.465 e. The molecule has 0 aliphatic carbocycles. The minimum atomic E-state index is -0.953. The standard InChI is InChI=1S/C24H20F2N2O2/c1-2-30-24(27-23(29)21-12-11-18(25)13-22(21)26)28-14-16-7-3-5-9-19(16)20-10-6-4-8-17(20)15-28/h3-13H,2,14-15H2,1H3/b27-24-. The summed E-state index contributed by atoms with van der Waals surface area (Å²) in [7, 11) is 0. The molecule has 3 aromatic rings. The van der Waals surface area contributed by atoms with Crippen LogP contribution in [0, 0.1) is 11.6 Å². The van der Waals surface area contributed by atoms with E-state index in [0.717, 1.165) is 34.4 Å². The number of carbonyl (C=O) groups excluding carboxylic acids is 1. The van der Waals surface area contributed by atoms with Crippen molar-refractivity contribution in [1.29, 1.82) is 0 Å². The molecule has 152 valence electrons. The van der Waals surface area contributed by atoms with Crippen molar-refractivity contribution >= 4 is 11.9 Å². The van der Waals surface area contributed by atoms with Gasteiger partial charge in [-0.15, -0.1) is 0 Å². The molecule has 0 radical (unpaired) electrons. The Kier molecular flexibility index (Phi) is 5.57. The molecule has 6 heteroatoms. The van der Waals surface area contributed by atoms with E-state index in [1.165, 1.54) is 0 Å². The number of halogens is 2. The lowest BCUT2D eigenvalue weighted by atomic mass is 9.97. The third kappa shape index (κ3) is 3.94. The molecule has 0 saturated carbocycles. The number of fused-ring (bicyclic) bond motifs is 3. The Labute approximate surface area is 173 Å². The third-order valence-corrected chi connectivity index (χ3v) is 4.95. The van der Waals surface area contributed by atoms with Gasteiger partial charge in [-0.2, -0.15) is 4.99 Å². The molecule has 30 heavy (non-hydrogen) atoms. The van der Waals surface area contributed by atoms with Gasteiger partial charge in [0.15, 0.2) is 0 Å². The normalized spacial score (nSPS) is 13.3. The highest BCUT2D eigenvalue weighted by atomic mass is 19.1. The SMILES string of the molecule is CCO/C(=N\C(=O)c1ccc(F)cc1F)N1Cc2ccccc2-c2ccccc2C1. The second kappa shape index (κ2) is 8.45. The van der Waals surface area contributed by atoms with Crippen molar-refractivity contribution in [2.75, 3.05) is 6.61 Å². The van der Waals surface area contributed by atoms with Gasteiger partial charge in [0.25, 0.3) is 11.9 Å². The number of amides is 1. The first-order valence-corrected chi connectivity index (χ1v) is 9.69. The summed E-state index contributed by atoms with van der Waals surface area (Å²) in [5.41, 5.74) is 4.06. The lowest BCUT2D eigenvalue weighted by Crippen LogP contribution is -2.32. The van der Waals surface area contributed by atoms with Crippen molar-refractivity contribution in [3.8, 4) is 11.1 Å². The van der Waals surface area contributed by atoms with Crippen LogP contribution in [0.3, 0.4) is 0 Å². The summed E-state index contributed by atoms with van der Waals surface area (Å²) in [4.78, 5) is 18.5. The number of ether oxygens (including phenoxy) is 1. The molecule has 1 aliphatic rings. The highest BCUT2D eigenvalue weighted by Crippen LogP contribution is 2.32. The molecule has 4 nitrogen and oxygen atoms in total. The number of amidine groups is 1. The first-order valence-electron chi connectivity index (χ1n) is 9.69. The maximum atomic E-state index is 14.1. The fraction of sp³-hybridized carbons (Fsp3) is 0.167. The number of hydrogen-bond donors (Lipinski definition) is 0. The molecule has 0 unspecified atom stereocenters. The van der Waals surface area contributed by atoms with Crippen LogP contribution in [0.4, 0.5) is 8.78 Å². The van der Waals surface area contributed by atoms with Crippen LogP contribution in [-0.2, 0) is 17.8 Å². The monoisotopic (exact) mass is 406 g/mol. The number of benzene rings is 3. The number of rotatable bonds is 2. The zero-order valence-corrected chi connectivity index (χ0v) is 16.4. The van der Waals surface area contributed by atoms with Crippen molar-refractivity contribution in [2.45, 2.75) is 20.0 Å². The Morgan fingerprint density at radius 1 is 0.967 bits per heavy atom. The topological polar surface area (TPSA) is 41.9 Å². The summed E-state index contributed by atoms with van der Waals surface area (Å²) >= 11 is 0. The second-order valence-corrected chi connectivity index (χ2v) is 6.93. The first kappa shape index (κ1) is 19.8. The second-order valence-electron chi connectivity index (χ2n) is 6.93. The summed E-state index contributed by atoms with van der Waals surface area (Å²) in [5, 5.41) is 0. The van der Waals surface area contributed by atoms with E-state index >= 15 is 0 Å². The molecule has 0 saturated heterocycles. The van der Waals surface area contributed by atoms with Crippen LogP contribution in [0.5, 0.6) is 0 Å². The van der Waals surface area contributed by atoms with Gasteiger partial charge in [-0.25, -0.2) is 8.78 Å². The maximum absolute atomic E-state index is 14.1. The molecule has 0 fully saturated rings. The Morgan fingerprint density at radius 2 is 1.57 bits per heavy atom. The number of nitrogens with zero attached hydrogens (tertiary/aromatic N) is 2. The smallest absolute Gasteiger partial charge is 0.296 e. The summed E-state index contributed by atoms with van der Waals surface area (Å²) < 4.78 is 32.9. The predicted octanol–water partition coefficient (Wildman–Crippen LogP) is 5.18. The molecule has 0 N–H and O–H groups in total. The molecular formula is C24H20F2N2O2. The Hall–Kier alpha value is -3.54. The van der Waals surface area contributed by atoms with Crippen molar-refractivity contribution in [1.82, 2.24) is 4.90 Å². The summed E-state index contributed by atoms with van der Waals surface area (Å²) in [6.45, 7) is 3.03. The molecule has 3 aromatic carbocycles. The summed E-state index contributed by atoms with van der Waals surface area (Å²) in [5.74, 6) is -2.52. The van der Waals surface area contributed by atoms with Gasteiger partial charge >= 0.3 is 0 Å². The molecule has 0 spiro atoms. The molecule has 4 rings (SSSR count). The fourth-order valence-corrected chi connectivity index (χ4v) is 3.58. The Balaban J connectivity index is 1.74. The summed E-state index contributed by atoms with van der Waals surface area (Å²) in [6.07, 6.45) is 0. The van der Waals surface area contributed by atoms with Gasteiger partial charge < -0.3 is 9.64 Å². The van der Waals surface area contributed by atoms with E-state index in [4.69, 9.17) is 4.74 Å². The van der Waals surface area contributed by atoms with Crippen LogP contribution in [-0.4, -0.2) is 23.4 Å². The van der Waals surface area contributed by atoms with Gasteiger partial charge in [-0.05, 0) is 41.3 Å². The third-order valence-electron chi connectivity index (χ3n) is 4.95. The van der Waals surface area contributed by atoms with Crippen molar-refractivity contribution in [3.05, 3.63) is 95.1 Å². The van der Waals surface area contributed by atoms with Gasteiger partial charge in [0.1, 0.15) is 11.6 Å². The molecule has 1 aliphatic heterocycles. The van der Waals surface area contributed by atoms with Gasteiger partial charge in [-0.3, -0.25) is 4.79 Å². The molecule has 1 amide bonds. The van der Waals surface area contributed by atoms with Gasteiger partial charge in [0.05, 0.1) is 12.2 Å². The quantitative estimate of drug-likeness (QED) is 0.435. The molecule has 0 atom stereocenters. The minimum absolute atomic E-state index is 0.109. The maximum Gasteiger partial charge on any atom is 0.296 e. The molecule has 1 heterocycles. The van der Waals surface area contributed by atoms with Crippen molar-refractivity contribution in [2.24, 2.45) is 4.99 Å². The molecular weight excluding hydrogens is 386 g/mol.